The van der Waals surface area contributed by atoms with Crippen LogP contribution >= 0.6 is 11.3 Å². The van der Waals surface area contributed by atoms with Gasteiger partial charge in [-0.2, -0.15) is 0 Å². The first-order valence-corrected chi connectivity index (χ1v) is 6.79. The zero-order chi connectivity index (χ0) is 14.5. The highest BCUT2D eigenvalue weighted by Gasteiger charge is 2.05. The Morgan fingerprint density at radius 3 is 2.35 bits per heavy atom. The number of carbonyl (C=O) groups is 2. The minimum absolute atomic E-state index is 0.0535. The van der Waals surface area contributed by atoms with Gasteiger partial charge in [0.05, 0.1) is 6.42 Å². The average Bonchev–Trinajstić information content (AvgIpc) is 2.83. The van der Waals surface area contributed by atoms with E-state index in [1.165, 1.54) is 11.3 Å². The van der Waals surface area contributed by atoms with E-state index in [2.05, 4.69) is 5.32 Å². The molecule has 0 saturated heterocycles. The number of carboxylic acid groups (broad SMARTS) is 1. The van der Waals surface area contributed by atoms with Crippen LogP contribution in [0.15, 0.2) is 36.4 Å². The first-order valence-electron chi connectivity index (χ1n) is 5.98. The van der Waals surface area contributed by atoms with Crippen molar-refractivity contribution >= 4 is 28.9 Å². The summed E-state index contributed by atoms with van der Waals surface area (Å²) >= 11 is 1.47. The van der Waals surface area contributed by atoms with Crippen molar-refractivity contribution in [3.05, 3.63) is 51.7 Å². The Hall–Kier alpha value is -2.34. The molecule has 0 aliphatic rings. The number of nitrogens with two attached hydrogens (primary N) is 1. The van der Waals surface area contributed by atoms with Crippen LogP contribution in [0, 0.1) is 0 Å². The number of primary amides is 1. The van der Waals surface area contributed by atoms with Crippen LogP contribution in [0.4, 0.5) is 5.69 Å². The van der Waals surface area contributed by atoms with Gasteiger partial charge in [-0.1, -0.05) is 0 Å². The number of thiophene rings is 1. The molecule has 20 heavy (non-hydrogen) atoms. The number of carbonyl (C=O) groups excluding carboxylic acids is 1. The third-order valence-corrected chi connectivity index (χ3v) is 3.76. The number of anilines is 1. The van der Waals surface area contributed by atoms with Crippen LogP contribution in [0.1, 0.15) is 20.1 Å². The molecule has 0 radical (unpaired) electrons. The normalized spacial score (nSPS) is 10.2. The summed E-state index contributed by atoms with van der Waals surface area (Å²) in [6.07, 6.45) is 0.0535. The Labute approximate surface area is 120 Å². The Balaban J connectivity index is 1.93. The molecule has 0 fully saturated rings. The predicted molar refractivity (Wildman–Crippen MR) is 77.9 cm³/mol. The zero-order valence-corrected chi connectivity index (χ0v) is 11.4. The summed E-state index contributed by atoms with van der Waals surface area (Å²) < 4.78 is 0. The molecule has 4 N–H and O–H groups in total. The summed E-state index contributed by atoms with van der Waals surface area (Å²) in [4.78, 5) is 23.4. The lowest BCUT2D eigenvalue weighted by Gasteiger charge is -2.05. The number of rotatable bonds is 6. The van der Waals surface area contributed by atoms with Crippen molar-refractivity contribution in [3.8, 4) is 0 Å². The van der Waals surface area contributed by atoms with Crippen molar-refractivity contribution in [2.75, 3.05) is 5.32 Å². The Morgan fingerprint density at radius 2 is 1.75 bits per heavy atom. The maximum Gasteiger partial charge on any atom is 0.308 e. The fourth-order valence-electron chi connectivity index (χ4n) is 1.70. The van der Waals surface area contributed by atoms with Gasteiger partial charge >= 0.3 is 5.97 Å². The van der Waals surface area contributed by atoms with Crippen LogP contribution in [0.5, 0.6) is 0 Å². The quantitative estimate of drug-likeness (QED) is 0.759. The Kier molecular flexibility index (Phi) is 4.37. The number of amides is 1. The van der Waals surface area contributed by atoms with Crippen LogP contribution in [-0.2, 0) is 17.8 Å². The molecule has 0 aliphatic carbocycles. The van der Waals surface area contributed by atoms with Gasteiger partial charge in [-0.15, -0.1) is 11.3 Å². The smallest absolute Gasteiger partial charge is 0.308 e. The second-order valence-electron chi connectivity index (χ2n) is 4.23. The summed E-state index contributed by atoms with van der Waals surface area (Å²) in [7, 11) is 0. The van der Waals surface area contributed by atoms with Crippen LogP contribution in [0.2, 0.25) is 0 Å². The van der Waals surface area contributed by atoms with Gasteiger partial charge < -0.3 is 16.2 Å². The summed E-state index contributed by atoms with van der Waals surface area (Å²) in [6, 6.07) is 10.6. The number of hydrogen-bond acceptors (Lipinski definition) is 4. The molecule has 2 rings (SSSR count). The molecule has 1 aromatic carbocycles. The first-order chi connectivity index (χ1) is 9.54. The Morgan fingerprint density at radius 1 is 1.10 bits per heavy atom. The summed E-state index contributed by atoms with van der Waals surface area (Å²) in [5, 5.41) is 11.9. The highest BCUT2D eigenvalue weighted by Crippen LogP contribution is 2.19. The number of aliphatic carboxylic acids is 1. The number of hydrogen-bond donors (Lipinski definition) is 3. The maximum atomic E-state index is 10.9. The van der Waals surface area contributed by atoms with Crippen LogP contribution in [0.3, 0.4) is 0 Å². The van der Waals surface area contributed by atoms with Crippen molar-refractivity contribution in [1.82, 2.24) is 0 Å². The minimum atomic E-state index is -0.826. The largest absolute Gasteiger partial charge is 0.481 e. The molecule has 0 saturated carbocycles. The van der Waals surface area contributed by atoms with E-state index in [0.717, 1.165) is 15.4 Å². The SMILES string of the molecule is NC(=O)c1ccc(NCc2ccc(CC(=O)O)s2)cc1. The van der Waals surface area contributed by atoms with Crippen molar-refractivity contribution in [2.24, 2.45) is 5.73 Å². The van der Waals surface area contributed by atoms with E-state index in [9.17, 15) is 9.59 Å². The van der Waals surface area contributed by atoms with Crippen molar-refractivity contribution < 1.29 is 14.7 Å². The first kappa shape index (κ1) is 14.1. The molecule has 0 spiro atoms. The lowest BCUT2D eigenvalue weighted by molar-refractivity contribution is -0.136. The van der Waals surface area contributed by atoms with Crippen LogP contribution < -0.4 is 11.1 Å². The van der Waals surface area contributed by atoms with Crippen LogP contribution in [-0.4, -0.2) is 17.0 Å². The van der Waals surface area contributed by atoms with Crippen LogP contribution in [0.25, 0.3) is 0 Å². The van der Waals surface area contributed by atoms with Crippen molar-refractivity contribution in [3.63, 3.8) is 0 Å². The lowest BCUT2D eigenvalue weighted by Crippen LogP contribution is -2.10. The predicted octanol–water partition coefficient (Wildman–Crippen LogP) is 2.09. The topological polar surface area (TPSA) is 92.4 Å². The van der Waals surface area contributed by atoms with E-state index in [4.69, 9.17) is 10.8 Å². The van der Waals surface area contributed by atoms with Gasteiger partial charge in [0.1, 0.15) is 0 Å². The molecule has 5 nitrogen and oxygen atoms in total. The van der Waals surface area contributed by atoms with Gasteiger partial charge in [-0.25, -0.2) is 0 Å². The summed E-state index contributed by atoms with van der Waals surface area (Å²) in [5.74, 6) is -1.28. The molecule has 0 bridgehead atoms. The molecule has 1 heterocycles. The monoisotopic (exact) mass is 290 g/mol. The van der Waals surface area contributed by atoms with E-state index in [-0.39, 0.29) is 6.42 Å². The van der Waals surface area contributed by atoms with E-state index in [1.807, 2.05) is 12.1 Å². The van der Waals surface area contributed by atoms with E-state index in [1.54, 1.807) is 24.3 Å². The lowest BCUT2D eigenvalue weighted by atomic mass is 10.2. The standard InChI is InChI=1S/C14H14N2O3S/c15-14(19)9-1-3-10(4-2-9)16-8-12-6-5-11(20-12)7-13(17)18/h1-6,16H,7-8H2,(H2,15,19)(H,17,18). The molecule has 1 aromatic heterocycles. The zero-order valence-electron chi connectivity index (χ0n) is 10.6. The molecule has 6 heteroatoms. The van der Waals surface area contributed by atoms with E-state index in [0.29, 0.717) is 12.1 Å². The summed E-state index contributed by atoms with van der Waals surface area (Å²) in [5.41, 5.74) is 6.51. The third-order valence-electron chi connectivity index (χ3n) is 2.68. The molecular weight excluding hydrogens is 276 g/mol. The van der Waals surface area contributed by atoms with Gasteiger partial charge in [-0.3, -0.25) is 9.59 Å². The molecule has 1 amide bonds. The summed E-state index contributed by atoms with van der Waals surface area (Å²) in [6.45, 7) is 0.611. The minimum Gasteiger partial charge on any atom is -0.481 e. The van der Waals surface area contributed by atoms with Gasteiger partial charge in [0.25, 0.3) is 0 Å². The highest BCUT2D eigenvalue weighted by atomic mass is 32.1. The fourth-order valence-corrected chi connectivity index (χ4v) is 2.65. The second kappa shape index (κ2) is 6.21. The van der Waals surface area contributed by atoms with E-state index < -0.39 is 11.9 Å². The number of nitrogens with one attached hydrogen (secondary N) is 1. The van der Waals surface area contributed by atoms with Gasteiger partial charge in [0, 0.05) is 27.5 Å². The molecule has 0 aliphatic heterocycles. The van der Waals surface area contributed by atoms with Gasteiger partial charge in [0.2, 0.25) is 5.91 Å². The van der Waals surface area contributed by atoms with Gasteiger partial charge in [-0.05, 0) is 36.4 Å². The molecule has 0 atom stereocenters. The number of benzene rings is 1. The average molecular weight is 290 g/mol. The second-order valence-corrected chi connectivity index (χ2v) is 5.49. The van der Waals surface area contributed by atoms with Crippen molar-refractivity contribution in [1.29, 1.82) is 0 Å². The fraction of sp³-hybridized carbons (Fsp3) is 0.143. The number of carboxylic acids is 1. The maximum absolute atomic E-state index is 10.9. The highest BCUT2D eigenvalue weighted by molar-refractivity contribution is 7.12. The molecule has 0 unspecified atom stereocenters. The molecule has 2 aromatic rings. The van der Waals surface area contributed by atoms with Gasteiger partial charge in [0.15, 0.2) is 0 Å². The van der Waals surface area contributed by atoms with Crippen molar-refractivity contribution in [2.45, 2.75) is 13.0 Å². The Bertz CT molecular complexity index is 620. The third kappa shape index (κ3) is 3.83. The van der Waals surface area contributed by atoms with E-state index >= 15 is 0 Å². The molecule has 104 valence electrons. The molecular formula is C14H14N2O3S.